The molecule has 0 atom stereocenters. The van der Waals surface area contributed by atoms with E-state index < -0.39 is 0 Å². The molecular formula is C14H18N2O3. The molecule has 0 saturated heterocycles. The highest BCUT2D eigenvalue weighted by Gasteiger charge is 2.12. The summed E-state index contributed by atoms with van der Waals surface area (Å²) in [7, 11) is 1.51. The Labute approximate surface area is 112 Å². The maximum Gasteiger partial charge on any atom is 0.255 e. The molecule has 0 fully saturated rings. The zero-order valence-corrected chi connectivity index (χ0v) is 10.9. The molecule has 0 unspecified atom stereocenters. The van der Waals surface area contributed by atoms with Gasteiger partial charge in [0.1, 0.15) is 11.5 Å². The zero-order chi connectivity index (χ0) is 13.7. The van der Waals surface area contributed by atoms with Crippen molar-refractivity contribution in [1.82, 2.24) is 10.6 Å². The molecule has 1 aromatic rings. The van der Waals surface area contributed by atoms with E-state index in [1.54, 1.807) is 12.1 Å². The lowest BCUT2D eigenvalue weighted by atomic mass is 10.1. The van der Waals surface area contributed by atoms with E-state index in [2.05, 4.69) is 16.7 Å². The zero-order valence-electron chi connectivity index (χ0n) is 10.9. The van der Waals surface area contributed by atoms with Crippen molar-refractivity contribution in [3.05, 3.63) is 35.4 Å². The number of carbonyl (C=O) groups excluding carboxylic acids is 1. The molecule has 5 heteroatoms. The van der Waals surface area contributed by atoms with E-state index in [0.29, 0.717) is 12.3 Å². The largest absolute Gasteiger partial charge is 0.507 e. The van der Waals surface area contributed by atoms with Gasteiger partial charge >= 0.3 is 0 Å². The van der Waals surface area contributed by atoms with Crippen molar-refractivity contribution in [3.63, 3.8) is 0 Å². The van der Waals surface area contributed by atoms with Gasteiger partial charge < -0.3 is 20.5 Å². The SMILES string of the molecule is COc1ccc(C(=O)NCC2=CCNCC2)c(O)c1. The topological polar surface area (TPSA) is 70.6 Å². The number of ether oxygens (including phenoxy) is 1. The summed E-state index contributed by atoms with van der Waals surface area (Å²) in [6.07, 6.45) is 3.02. The molecule has 3 N–H and O–H groups in total. The lowest BCUT2D eigenvalue weighted by Crippen LogP contribution is -2.29. The fourth-order valence-corrected chi connectivity index (χ4v) is 1.95. The quantitative estimate of drug-likeness (QED) is 0.709. The second kappa shape index (κ2) is 6.24. The molecule has 0 radical (unpaired) electrons. The highest BCUT2D eigenvalue weighted by Crippen LogP contribution is 2.23. The van der Waals surface area contributed by atoms with Crippen LogP contribution >= 0.6 is 0 Å². The molecule has 1 heterocycles. The molecule has 1 aromatic carbocycles. The van der Waals surface area contributed by atoms with Gasteiger partial charge in [0, 0.05) is 19.2 Å². The molecule has 0 bridgehead atoms. The minimum Gasteiger partial charge on any atom is -0.507 e. The Balaban J connectivity index is 1.97. The number of hydrogen-bond acceptors (Lipinski definition) is 4. The Morgan fingerprint density at radius 2 is 2.37 bits per heavy atom. The van der Waals surface area contributed by atoms with Crippen LogP contribution < -0.4 is 15.4 Å². The number of phenolic OH excluding ortho intramolecular Hbond substituents is 1. The van der Waals surface area contributed by atoms with Gasteiger partial charge in [-0.2, -0.15) is 0 Å². The lowest BCUT2D eigenvalue weighted by molar-refractivity contribution is 0.0954. The summed E-state index contributed by atoms with van der Waals surface area (Å²) in [6.45, 7) is 2.31. The highest BCUT2D eigenvalue weighted by atomic mass is 16.5. The number of phenols is 1. The van der Waals surface area contributed by atoms with Crippen LogP contribution in [0, 0.1) is 0 Å². The van der Waals surface area contributed by atoms with Gasteiger partial charge in [0.15, 0.2) is 0 Å². The third-order valence-electron chi connectivity index (χ3n) is 3.08. The van der Waals surface area contributed by atoms with Crippen molar-refractivity contribution in [3.8, 4) is 11.5 Å². The summed E-state index contributed by atoms with van der Waals surface area (Å²) in [5.41, 5.74) is 1.47. The summed E-state index contributed by atoms with van der Waals surface area (Å²) < 4.78 is 4.98. The van der Waals surface area contributed by atoms with E-state index in [9.17, 15) is 9.90 Å². The number of nitrogens with one attached hydrogen (secondary N) is 2. The summed E-state index contributed by atoms with van der Waals surface area (Å²) in [4.78, 5) is 12.0. The van der Waals surface area contributed by atoms with Crippen molar-refractivity contribution in [2.45, 2.75) is 6.42 Å². The van der Waals surface area contributed by atoms with E-state index in [1.807, 2.05) is 0 Å². The first-order valence-corrected chi connectivity index (χ1v) is 6.24. The van der Waals surface area contributed by atoms with E-state index in [-0.39, 0.29) is 17.2 Å². The van der Waals surface area contributed by atoms with Crippen LogP contribution in [0.15, 0.2) is 29.8 Å². The van der Waals surface area contributed by atoms with Crippen LogP contribution in [0.2, 0.25) is 0 Å². The fourth-order valence-electron chi connectivity index (χ4n) is 1.95. The van der Waals surface area contributed by atoms with Crippen molar-refractivity contribution in [2.75, 3.05) is 26.7 Å². The first-order valence-electron chi connectivity index (χ1n) is 6.24. The maximum atomic E-state index is 12.0. The van der Waals surface area contributed by atoms with Gasteiger partial charge in [-0.3, -0.25) is 4.79 Å². The average molecular weight is 262 g/mol. The van der Waals surface area contributed by atoms with Crippen molar-refractivity contribution >= 4 is 5.91 Å². The first-order chi connectivity index (χ1) is 9.20. The van der Waals surface area contributed by atoms with Crippen LogP contribution in [0.3, 0.4) is 0 Å². The first kappa shape index (κ1) is 13.4. The Bertz CT molecular complexity index is 497. The third-order valence-corrected chi connectivity index (χ3v) is 3.08. The molecule has 0 saturated carbocycles. The summed E-state index contributed by atoms with van der Waals surface area (Å²) >= 11 is 0. The average Bonchev–Trinajstić information content (AvgIpc) is 2.45. The molecule has 102 valence electrons. The molecule has 0 aliphatic carbocycles. The van der Waals surface area contributed by atoms with Crippen molar-refractivity contribution in [2.24, 2.45) is 0 Å². The molecule has 1 aliphatic rings. The normalized spacial score (nSPS) is 14.7. The van der Waals surface area contributed by atoms with Crippen LogP contribution in [-0.4, -0.2) is 37.8 Å². The van der Waals surface area contributed by atoms with E-state index in [1.165, 1.54) is 18.7 Å². The molecule has 1 aliphatic heterocycles. The Hall–Kier alpha value is -2.01. The second-order valence-electron chi connectivity index (χ2n) is 4.38. The summed E-state index contributed by atoms with van der Waals surface area (Å²) in [5.74, 6) is 0.172. The standard InChI is InChI=1S/C14H18N2O3/c1-19-11-2-3-12(13(17)8-11)14(18)16-9-10-4-6-15-7-5-10/h2-4,8,15,17H,5-7,9H2,1H3,(H,16,18). The Morgan fingerprint density at radius 1 is 1.53 bits per heavy atom. The van der Waals surface area contributed by atoms with Gasteiger partial charge in [-0.15, -0.1) is 0 Å². The van der Waals surface area contributed by atoms with Crippen LogP contribution in [0.4, 0.5) is 0 Å². The van der Waals surface area contributed by atoms with Gasteiger partial charge in [-0.25, -0.2) is 0 Å². The monoisotopic (exact) mass is 262 g/mol. The second-order valence-corrected chi connectivity index (χ2v) is 4.38. The van der Waals surface area contributed by atoms with Gasteiger partial charge in [0.05, 0.1) is 12.7 Å². The smallest absolute Gasteiger partial charge is 0.255 e. The molecule has 5 nitrogen and oxygen atoms in total. The summed E-state index contributed by atoms with van der Waals surface area (Å²) in [6, 6.07) is 4.64. The Morgan fingerprint density at radius 3 is 3.00 bits per heavy atom. The van der Waals surface area contributed by atoms with Crippen LogP contribution in [0.25, 0.3) is 0 Å². The van der Waals surface area contributed by atoms with Crippen molar-refractivity contribution < 1.29 is 14.6 Å². The predicted molar refractivity (Wildman–Crippen MR) is 72.6 cm³/mol. The van der Waals surface area contributed by atoms with Crippen LogP contribution in [0.1, 0.15) is 16.8 Å². The van der Waals surface area contributed by atoms with Crippen LogP contribution in [0.5, 0.6) is 11.5 Å². The predicted octanol–water partition coefficient (Wildman–Crippen LogP) is 1.05. The van der Waals surface area contributed by atoms with Gasteiger partial charge in [-0.05, 0) is 25.1 Å². The lowest BCUT2D eigenvalue weighted by Gasteiger charge is -2.15. The molecule has 19 heavy (non-hydrogen) atoms. The Kier molecular flexibility index (Phi) is 4.41. The number of benzene rings is 1. The van der Waals surface area contributed by atoms with E-state index in [0.717, 1.165) is 19.5 Å². The number of amides is 1. The minimum atomic E-state index is -0.278. The molecule has 1 amide bonds. The van der Waals surface area contributed by atoms with Gasteiger partial charge in [-0.1, -0.05) is 11.6 Å². The number of carbonyl (C=O) groups is 1. The maximum absolute atomic E-state index is 12.0. The van der Waals surface area contributed by atoms with Gasteiger partial charge in [0.25, 0.3) is 5.91 Å². The molecular weight excluding hydrogens is 244 g/mol. The minimum absolute atomic E-state index is 0.0730. The van der Waals surface area contributed by atoms with Crippen molar-refractivity contribution in [1.29, 1.82) is 0 Å². The van der Waals surface area contributed by atoms with E-state index >= 15 is 0 Å². The number of hydrogen-bond donors (Lipinski definition) is 3. The van der Waals surface area contributed by atoms with Crippen LogP contribution in [-0.2, 0) is 0 Å². The number of methoxy groups -OCH3 is 1. The molecule has 0 aromatic heterocycles. The van der Waals surface area contributed by atoms with Gasteiger partial charge in [0.2, 0.25) is 0 Å². The fraction of sp³-hybridized carbons (Fsp3) is 0.357. The van der Waals surface area contributed by atoms with E-state index in [4.69, 9.17) is 4.74 Å². The summed E-state index contributed by atoms with van der Waals surface area (Å²) in [5, 5.41) is 15.8. The molecule has 2 rings (SSSR count). The third kappa shape index (κ3) is 3.48. The number of aromatic hydroxyl groups is 1. The highest BCUT2D eigenvalue weighted by molar-refractivity contribution is 5.97. The number of rotatable bonds is 4. The molecule has 0 spiro atoms.